The molecule has 14 heavy (non-hydrogen) atoms. The lowest BCUT2D eigenvalue weighted by Crippen LogP contribution is -2.31. The van der Waals surface area contributed by atoms with Gasteiger partial charge in [-0.3, -0.25) is 4.99 Å². The van der Waals surface area contributed by atoms with Crippen LogP contribution in [0.5, 0.6) is 0 Å². The van der Waals surface area contributed by atoms with Crippen molar-refractivity contribution in [2.24, 2.45) is 21.6 Å². The molecule has 1 atom stereocenters. The number of allylic oxidation sites excluding steroid dienone is 1. The molecule has 1 heterocycles. The summed E-state index contributed by atoms with van der Waals surface area (Å²) in [7, 11) is 0. The maximum Gasteiger partial charge on any atom is 0.118 e. The van der Waals surface area contributed by atoms with Crippen LogP contribution < -0.4 is 11.1 Å². The fourth-order valence-electron chi connectivity index (χ4n) is 1.19. The third-order valence-corrected chi connectivity index (χ3v) is 1.87. The number of rotatable bonds is 4. The van der Waals surface area contributed by atoms with E-state index < -0.39 is 0 Å². The van der Waals surface area contributed by atoms with E-state index in [4.69, 9.17) is 5.73 Å². The van der Waals surface area contributed by atoms with Gasteiger partial charge in [-0.15, -0.1) is 0 Å². The monoisotopic (exact) mass is 192 g/mol. The summed E-state index contributed by atoms with van der Waals surface area (Å²) in [6.45, 7) is 6.25. The van der Waals surface area contributed by atoms with E-state index in [1.165, 1.54) is 6.20 Å². The van der Waals surface area contributed by atoms with Crippen LogP contribution in [0.4, 0.5) is 0 Å². The van der Waals surface area contributed by atoms with Gasteiger partial charge < -0.3 is 11.1 Å². The number of hydrogen-bond acceptors (Lipinski definition) is 4. The van der Waals surface area contributed by atoms with Gasteiger partial charge in [-0.25, -0.2) is 4.99 Å². The standard InChI is InChI=1S/C10H16N4/c1-3-12-5-8(2)4-9-6-14-10(11)7-13-9/h3,5-6,8,13H,1,4,7H2,2H3,(H2,11,14)/t8-/m0/s1. The van der Waals surface area contributed by atoms with E-state index in [0.29, 0.717) is 18.3 Å². The van der Waals surface area contributed by atoms with Gasteiger partial charge in [0.2, 0.25) is 0 Å². The molecule has 1 aliphatic heterocycles. The molecule has 0 aromatic heterocycles. The molecular weight excluding hydrogens is 176 g/mol. The number of nitrogens with zero attached hydrogens (tertiary/aromatic N) is 2. The largest absolute Gasteiger partial charge is 0.386 e. The summed E-state index contributed by atoms with van der Waals surface area (Å²) in [5, 5.41) is 3.19. The first-order chi connectivity index (χ1) is 6.72. The van der Waals surface area contributed by atoms with Gasteiger partial charge in [0.1, 0.15) is 5.84 Å². The summed E-state index contributed by atoms with van der Waals surface area (Å²) in [6, 6.07) is 0. The van der Waals surface area contributed by atoms with Crippen molar-refractivity contribution in [3.05, 3.63) is 24.7 Å². The number of hydrogen-bond donors (Lipinski definition) is 2. The van der Waals surface area contributed by atoms with Crippen LogP contribution in [0.15, 0.2) is 34.7 Å². The minimum absolute atomic E-state index is 0.376. The third-order valence-electron chi connectivity index (χ3n) is 1.87. The molecule has 0 aromatic rings. The van der Waals surface area contributed by atoms with Crippen molar-refractivity contribution in [2.75, 3.05) is 6.54 Å². The van der Waals surface area contributed by atoms with Crippen molar-refractivity contribution in [3.63, 3.8) is 0 Å². The van der Waals surface area contributed by atoms with E-state index in [-0.39, 0.29) is 0 Å². The Labute approximate surface area is 84.3 Å². The Morgan fingerprint density at radius 2 is 2.64 bits per heavy atom. The van der Waals surface area contributed by atoms with E-state index in [1.54, 1.807) is 6.20 Å². The van der Waals surface area contributed by atoms with Gasteiger partial charge in [0, 0.05) is 24.3 Å². The lowest BCUT2D eigenvalue weighted by molar-refractivity contribution is 0.706. The molecule has 0 unspecified atom stereocenters. The van der Waals surface area contributed by atoms with Crippen LogP contribution in [0, 0.1) is 5.92 Å². The number of aliphatic imine (C=N–C) groups is 2. The number of amidine groups is 1. The average Bonchev–Trinajstić information content (AvgIpc) is 2.18. The third kappa shape index (κ3) is 3.43. The lowest BCUT2D eigenvalue weighted by Gasteiger charge is -2.15. The highest BCUT2D eigenvalue weighted by Gasteiger charge is 2.06. The Bertz CT molecular complexity index is 288. The quantitative estimate of drug-likeness (QED) is 0.653. The highest BCUT2D eigenvalue weighted by atomic mass is 15.0. The summed E-state index contributed by atoms with van der Waals surface area (Å²) < 4.78 is 0. The lowest BCUT2D eigenvalue weighted by atomic mass is 10.1. The molecule has 0 radical (unpaired) electrons. The normalized spacial score (nSPS) is 18.4. The summed E-state index contributed by atoms with van der Waals surface area (Å²) in [6.07, 6.45) is 6.08. The van der Waals surface area contributed by atoms with E-state index in [2.05, 4.69) is 28.8 Å². The molecule has 0 saturated carbocycles. The Kier molecular flexibility index (Phi) is 3.91. The van der Waals surface area contributed by atoms with Crippen molar-refractivity contribution in [2.45, 2.75) is 13.3 Å². The van der Waals surface area contributed by atoms with E-state index in [1.807, 2.05) is 6.21 Å². The second kappa shape index (κ2) is 5.21. The molecule has 3 N–H and O–H groups in total. The van der Waals surface area contributed by atoms with E-state index in [0.717, 1.165) is 12.1 Å². The molecular formula is C10H16N4. The van der Waals surface area contributed by atoms with Gasteiger partial charge in [-0.1, -0.05) is 13.5 Å². The molecule has 0 saturated heterocycles. The van der Waals surface area contributed by atoms with Gasteiger partial charge in [-0.2, -0.15) is 0 Å². The van der Waals surface area contributed by atoms with Crippen LogP contribution in [0.25, 0.3) is 0 Å². The zero-order valence-corrected chi connectivity index (χ0v) is 8.40. The fraction of sp³-hybridized carbons (Fsp3) is 0.400. The number of nitrogens with two attached hydrogens (primary N) is 1. The Morgan fingerprint density at radius 3 is 3.21 bits per heavy atom. The van der Waals surface area contributed by atoms with Crippen molar-refractivity contribution in [1.82, 2.24) is 5.32 Å². The molecule has 4 heteroatoms. The Balaban J connectivity index is 2.45. The topological polar surface area (TPSA) is 62.8 Å². The predicted octanol–water partition coefficient (Wildman–Crippen LogP) is 1.03. The van der Waals surface area contributed by atoms with Crippen LogP contribution in [0.2, 0.25) is 0 Å². The summed E-state index contributed by atoms with van der Waals surface area (Å²) in [5.41, 5.74) is 6.61. The molecule has 4 nitrogen and oxygen atoms in total. The van der Waals surface area contributed by atoms with Crippen LogP contribution in [-0.2, 0) is 0 Å². The van der Waals surface area contributed by atoms with Crippen molar-refractivity contribution >= 4 is 12.1 Å². The van der Waals surface area contributed by atoms with Crippen LogP contribution >= 0.6 is 0 Å². The first kappa shape index (κ1) is 10.5. The molecule has 0 fully saturated rings. The highest BCUT2D eigenvalue weighted by molar-refractivity contribution is 5.83. The Morgan fingerprint density at radius 1 is 1.86 bits per heavy atom. The Hall–Kier alpha value is -1.58. The molecule has 0 aliphatic carbocycles. The van der Waals surface area contributed by atoms with Crippen LogP contribution in [0.3, 0.4) is 0 Å². The second-order valence-electron chi connectivity index (χ2n) is 3.29. The molecule has 0 spiro atoms. The minimum Gasteiger partial charge on any atom is -0.386 e. The zero-order chi connectivity index (χ0) is 10.4. The summed E-state index contributed by atoms with van der Waals surface area (Å²) >= 11 is 0. The van der Waals surface area contributed by atoms with Crippen LogP contribution in [0.1, 0.15) is 13.3 Å². The highest BCUT2D eigenvalue weighted by Crippen LogP contribution is 2.08. The molecule has 76 valence electrons. The first-order valence-corrected chi connectivity index (χ1v) is 4.61. The van der Waals surface area contributed by atoms with E-state index in [9.17, 15) is 0 Å². The first-order valence-electron chi connectivity index (χ1n) is 4.61. The van der Waals surface area contributed by atoms with Crippen molar-refractivity contribution in [1.29, 1.82) is 0 Å². The SMILES string of the molecule is C=CN=C[C@@H](C)CC1=CN=C(N)CN1. The second-order valence-corrected chi connectivity index (χ2v) is 3.29. The van der Waals surface area contributed by atoms with Gasteiger partial charge in [-0.05, 0) is 12.3 Å². The van der Waals surface area contributed by atoms with Crippen molar-refractivity contribution in [3.8, 4) is 0 Å². The average molecular weight is 192 g/mol. The number of nitrogens with one attached hydrogen (secondary N) is 1. The van der Waals surface area contributed by atoms with Gasteiger partial charge in [0.15, 0.2) is 0 Å². The molecule has 0 bridgehead atoms. The molecule has 0 amide bonds. The molecule has 1 rings (SSSR count). The molecule has 1 aliphatic rings. The predicted molar refractivity (Wildman–Crippen MR) is 60.2 cm³/mol. The maximum absolute atomic E-state index is 5.51. The zero-order valence-electron chi connectivity index (χ0n) is 8.40. The van der Waals surface area contributed by atoms with Crippen molar-refractivity contribution < 1.29 is 0 Å². The van der Waals surface area contributed by atoms with Gasteiger partial charge in [0.05, 0.1) is 6.54 Å². The maximum atomic E-state index is 5.51. The summed E-state index contributed by atoms with van der Waals surface area (Å²) in [5.74, 6) is 1.00. The fourth-order valence-corrected chi connectivity index (χ4v) is 1.19. The van der Waals surface area contributed by atoms with E-state index >= 15 is 0 Å². The van der Waals surface area contributed by atoms with Gasteiger partial charge >= 0.3 is 0 Å². The minimum atomic E-state index is 0.376. The van der Waals surface area contributed by atoms with Gasteiger partial charge in [0.25, 0.3) is 0 Å². The molecule has 0 aromatic carbocycles. The smallest absolute Gasteiger partial charge is 0.118 e. The van der Waals surface area contributed by atoms with Crippen LogP contribution in [-0.4, -0.2) is 18.6 Å². The summed E-state index contributed by atoms with van der Waals surface area (Å²) in [4.78, 5) is 8.03.